The number of aryl methyl sites for hydroxylation is 1. The van der Waals surface area contributed by atoms with Gasteiger partial charge >= 0.3 is 12.1 Å². The van der Waals surface area contributed by atoms with Crippen LogP contribution in [0.4, 0.5) is 22.0 Å². The first kappa shape index (κ1) is 14.7. The van der Waals surface area contributed by atoms with Gasteiger partial charge in [-0.25, -0.2) is 4.98 Å². The van der Waals surface area contributed by atoms with Gasteiger partial charge in [0.25, 0.3) is 0 Å². The quantitative estimate of drug-likeness (QED) is 0.436. The molecule has 0 unspecified atom stereocenters. The van der Waals surface area contributed by atoms with Crippen molar-refractivity contribution in [2.75, 3.05) is 0 Å². The number of benzene rings is 2. The molecule has 0 aliphatic rings. The lowest BCUT2D eigenvalue weighted by molar-refractivity contribution is -0.290. The number of rotatable bonds is 1. The number of fused-ring (bicyclic) bond motifs is 3. The Morgan fingerprint density at radius 3 is 2.09 bits per heavy atom. The number of aromatic nitrogens is 1. The van der Waals surface area contributed by atoms with Crippen LogP contribution in [0.25, 0.3) is 21.7 Å². The smallest absolute Gasteiger partial charge is 0.245 e. The van der Waals surface area contributed by atoms with E-state index in [4.69, 9.17) is 0 Å². The molecule has 0 saturated carbocycles. The van der Waals surface area contributed by atoms with Crippen molar-refractivity contribution < 1.29 is 22.0 Å². The highest BCUT2D eigenvalue weighted by atomic mass is 19.4. The van der Waals surface area contributed by atoms with Gasteiger partial charge in [-0.2, -0.15) is 22.0 Å². The molecule has 6 heteroatoms. The number of hydrogen-bond donors (Lipinski definition) is 0. The van der Waals surface area contributed by atoms with Gasteiger partial charge in [-0.1, -0.05) is 35.9 Å². The minimum absolute atomic E-state index is 0.114. The molecular weight excluding hydrogens is 301 g/mol. The summed E-state index contributed by atoms with van der Waals surface area (Å²) < 4.78 is 65.8. The number of pyridine rings is 1. The van der Waals surface area contributed by atoms with Crippen LogP contribution in [0.3, 0.4) is 0 Å². The predicted molar refractivity (Wildman–Crippen MR) is 73.9 cm³/mol. The summed E-state index contributed by atoms with van der Waals surface area (Å²) in [5.74, 6) is -5.01. The largest absolute Gasteiger partial charge is 0.459 e. The van der Waals surface area contributed by atoms with Gasteiger partial charge in [-0.15, -0.1) is 0 Å². The summed E-state index contributed by atoms with van der Waals surface area (Å²) in [5.41, 5.74) is -0.273. The summed E-state index contributed by atoms with van der Waals surface area (Å²) >= 11 is 0. The highest BCUT2D eigenvalue weighted by Gasteiger charge is 2.60. The Kier molecular flexibility index (Phi) is 3.09. The van der Waals surface area contributed by atoms with Crippen LogP contribution in [0.15, 0.2) is 42.5 Å². The second-order valence-corrected chi connectivity index (χ2v) is 5.10. The Bertz CT molecular complexity index is 867. The van der Waals surface area contributed by atoms with E-state index in [1.807, 2.05) is 6.92 Å². The lowest BCUT2D eigenvalue weighted by atomic mass is 10.00. The number of alkyl halides is 5. The molecule has 0 spiro atoms. The Morgan fingerprint density at radius 1 is 0.818 bits per heavy atom. The first-order valence-electron chi connectivity index (χ1n) is 6.46. The predicted octanol–water partition coefficient (Wildman–Crippen LogP) is 5.35. The zero-order valence-corrected chi connectivity index (χ0v) is 11.4. The van der Waals surface area contributed by atoms with Crippen molar-refractivity contribution in [2.45, 2.75) is 19.0 Å². The molecule has 2 aromatic carbocycles. The second kappa shape index (κ2) is 4.63. The molecule has 0 aliphatic carbocycles. The fraction of sp³-hybridized carbons (Fsp3) is 0.188. The first-order chi connectivity index (χ1) is 10.2. The van der Waals surface area contributed by atoms with Crippen LogP contribution in [0.1, 0.15) is 11.3 Å². The molecule has 0 amide bonds. The molecule has 1 heterocycles. The van der Waals surface area contributed by atoms with Crippen molar-refractivity contribution in [1.82, 2.24) is 4.98 Å². The fourth-order valence-electron chi connectivity index (χ4n) is 2.44. The lowest BCUT2D eigenvalue weighted by Gasteiger charge is -2.21. The van der Waals surface area contributed by atoms with Crippen molar-refractivity contribution >= 4 is 21.7 Å². The van der Waals surface area contributed by atoms with E-state index in [0.29, 0.717) is 10.8 Å². The third-order valence-electron chi connectivity index (χ3n) is 3.51. The van der Waals surface area contributed by atoms with E-state index >= 15 is 0 Å². The molecule has 22 heavy (non-hydrogen) atoms. The molecule has 3 rings (SSSR count). The summed E-state index contributed by atoms with van der Waals surface area (Å²) in [6.07, 6.45) is -5.69. The second-order valence-electron chi connectivity index (χ2n) is 5.10. The molecule has 0 fully saturated rings. The molecule has 114 valence electrons. The van der Waals surface area contributed by atoms with Gasteiger partial charge in [-0.05, 0) is 24.4 Å². The Balaban J connectivity index is 2.47. The van der Waals surface area contributed by atoms with Gasteiger partial charge in [0.1, 0.15) is 5.69 Å². The normalized spacial score (nSPS) is 13.0. The third kappa shape index (κ3) is 2.10. The van der Waals surface area contributed by atoms with Gasteiger partial charge in [-0.3, -0.25) is 0 Å². The summed E-state index contributed by atoms with van der Waals surface area (Å²) in [5, 5.41) is 0.690. The highest BCUT2D eigenvalue weighted by Crippen LogP contribution is 2.46. The molecule has 1 aromatic heterocycles. The van der Waals surface area contributed by atoms with Crippen molar-refractivity contribution in [3.63, 3.8) is 0 Å². The van der Waals surface area contributed by atoms with Crippen LogP contribution < -0.4 is 0 Å². The standard InChI is InChI=1S/C16H10F5N/c1-9-6-7-13-12(8-9)10-4-2-3-5-11(10)14(22-13)15(17,18)16(19,20)21/h2-8H,1H3. The minimum atomic E-state index is -5.69. The number of hydrogen-bond acceptors (Lipinski definition) is 1. The maximum absolute atomic E-state index is 13.8. The van der Waals surface area contributed by atoms with E-state index in [9.17, 15) is 22.0 Å². The number of halogens is 5. The monoisotopic (exact) mass is 311 g/mol. The van der Waals surface area contributed by atoms with E-state index in [0.717, 1.165) is 5.56 Å². The van der Waals surface area contributed by atoms with E-state index < -0.39 is 17.8 Å². The summed E-state index contributed by atoms with van der Waals surface area (Å²) in [7, 11) is 0. The van der Waals surface area contributed by atoms with E-state index in [-0.39, 0.29) is 10.9 Å². The zero-order valence-electron chi connectivity index (χ0n) is 11.4. The Morgan fingerprint density at radius 2 is 1.45 bits per heavy atom. The van der Waals surface area contributed by atoms with E-state index in [2.05, 4.69) is 4.98 Å². The van der Waals surface area contributed by atoms with Crippen molar-refractivity contribution in [1.29, 1.82) is 0 Å². The Hall–Kier alpha value is -2.24. The molecule has 1 nitrogen and oxygen atoms in total. The first-order valence-corrected chi connectivity index (χ1v) is 6.46. The van der Waals surface area contributed by atoms with Gasteiger partial charge in [0.05, 0.1) is 5.52 Å². The maximum atomic E-state index is 13.8. The zero-order chi connectivity index (χ0) is 16.1. The molecule has 3 aromatic rings. The van der Waals surface area contributed by atoms with E-state index in [1.54, 1.807) is 18.2 Å². The highest BCUT2D eigenvalue weighted by molar-refractivity contribution is 6.07. The van der Waals surface area contributed by atoms with Crippen LogP contribution in [-0.4, -0.2) is 11.2 Å². The van der Waals surface area contributed by atoms with Crippen LogP contribution in [0, 0.1) is 6.92 Å². The minimum Gasteiger partial charge on any atom is -0.245 e. The average molecular weight is 311 g/mol. The molecule has 0 aliphatic heterocycles. The average Bonchev–Trinajstić information content (AvgIpc) is 2.45. The van der Waals surface area contributed by atoms with Crippen LogP contribution in [0.2, 0.25) is 0 Å². The lowest BCUT2D eigenvalue weighted by Crippen LogP contribution is -2.34. The van der Waals surface area contributed by atoms with Gasteiger partial charge in [0, 0.05) is 10.8 Å². The van der Waals surface area contributed by atoms with Gasteiger partial charge in [0.15, 0.2) is 0 Å². The van der Waals surface area contributed by atoms with Gasteiger partial charge < -0.3 is 0 Å². The molecule has 0 saturated heterocycles. The van der Waals surface area contributed by atoms with Crippen molar-refractivity contribution in [3.05, 3.63) is 53.7 Å². The van der Waals surface area contributed by atoms with Crippen molar-refractivity contribution in [3.8, 4) is 0 Å². The SMILES string of the molecule is Cc1ccc2nc(C(F)(F)C(F)(F)F)c3ccccc3c2c1. The van der Waals surface area contributed by atoms with Crippen LogP contribution in [0.5, 0.6) is 0 Å². The molecule has 0 atom stereocenters. The molecule has 0 N–H and O–H groups in total. The maximum Gasteiger partial charge on any atom is 0.459 e. The summed E-state index contributed by atoms with van der Waals surface area (Å²) in [6, 6.07) is 10.6. The fourth-order valence-corrected chi connectivity index (χ4v) is 2.44. The molecular formula is C16H10F5N. The summed E-state index contributed by atoms with van der Waals surface area (Å²) in [6.45, 7) is 1.81. The van der Waals surface area contributed by atoms with Gasteiger partial charge in [0.2, 0.25) is 0 Å². The van der Waals surface area contributed by atoms with Crippen LogP contribution >= 0.6 is 0 Å². The number of nitrogens with zero attached hydrogens (tertiary/aromatic N) is 1. The topological polar surface area (TPSA) is 12.9 Å². The third-order valence-corrected chi connectivity index (χ3v) is 3.51. The van der Waals surface area contributed by atoms with Crippen molar-refractivity contribution in [2.24, 2.45) is 0 Å². The van der Waals surface area contributed by atoms with Crippen LogP contribution in [-0.2, 0) is 5.92 Å². The molecule has 0 radical (unpaired) electrons. The summed E-state index contributed by atoms with van der Waals surface area (Å²) in [4.78, 5) is 3.61. The molecule has 0 bridgehead atoms. The Labute approximate surface area is 122 Å². The van der Waals surface area contributed by atoms with E-state index in [1.165, 1.54) is 24.3 Å².